The smallest absolute Gasteiger partial charge is 0.339 e. The molecular weight excluding hydrogens is 282 g/mol. The quantitative estimate of drug-likeness (QED) is 0.653. The molecule has 0 spiro atoms. The number of aromatic nitrogens is 2. The largest absolute Gasteiger partial charge is 0.497 e. The van der Waals surface area contributed by atoms with E-state index in [9.17, 15) is 14.9 Å². The molecule has 0 radical (unpaired) electrons. The lowest BCUT2D eigenvalue weighted by Gasteiger charge is -2.08. The van der Waals surface area contributed by atoms with Gasteiger partial charge in [0.05, 0.1) is 12.0 Å². The molecule has 0 atom stereocenters. The summed E-state index contributed by atoms with van der Waals surface area (Å²) in [5, 5.41) is 19.6. The second-order valence-corrected chi connectivity index (χ2v) is 3.75. The van der Waals surface area contributed by atoms with Crippen molar-refractivity contribution in [2.75, 3.05) is 7.11 Å². The fourth-order valence-electron chi connectivity index (χ4n) is 1.45. The van der Waals surface area contributed by atoms with E-state index in [-0.39, 0.29) is 23.0 Å². The second kappa shape index (κ2) is 5.82. The monoisotopic (exact) mass is 291 g/mol. The van der Waals surface area contributed by atoms with Crippen LogP contribution >= 0.6 is 0 Å². The van der Waals surface area contributed by atoms with E-state index in [1.165, 1.54) is 25.3 Å². The van der Waals surface area contributed by atoms with Crippen LogP contribution in [-0.2, 0) is 0 Å². The molecule has 0 aliphatic rings. The maximum atomic E-state index is 11.1. The minimum atomic E-state index is -1.20. The van der Waals surface area contributed by atoms with E-state index in [1.54, 1.807) is 0 Å². The van der Waals surface area contributed by atoms with Crippen molar-refractivity contribution in [3.8, 4) is 17.5 Å². The summed E-state index contributed by atoms with van der Waals surface area (Å²) in [4.78, 5) is 28.2. The number of carboxylic acids is 1. The molecule has 1 heterocycles. The van der Waals surface area contributed by atoms with Gasteiger partial charge in [-0.1, -0.05) is 0 Å². The van der Waals surface area contributed by atoms with Gasteiger partial charge in [0.15, 0.2) is 0 Å². The van der Waals surface area contributed by atoms with Gasteiger partial charge in [0.2, 0.25) is 0 Å². The molecule has 0 bridgehead atoms. The second-order valence-electron chi connectivity index (χ2n) is 3.75. The molecule has 2 rings (SSSR count). The zero-order chi connectivity index (χ0) is 15.4. The molecular formula is C12H9N3O6. The van der Waals surface area contributed by atoms with Crippen molar-refractivity contribution >= 4 is 11.7 Å². The van der Waals surface area contributed by atoms with Gasteiger partial charge in [0.1, 0.15) is 29.5 Å². The topological polar surface area (TPSA) is 125 Å². The number of hydrogen-bond acceptors (Lipinski definition) is 7. The van der Waals surface area contributed by atoms with Crippen LogP contribution in [0.2, 0.25) is 0 Å². The third-order valence-electron chi connectivity index (χ3n) is 2.45. The Kier molecular flexibility index (Phi) is 3.93. The Morgan fingerprint density at radius 3 is 2.52 bits per heavy atom. The minimum Gasteiger partial charge on any atom is -0.497 e. The zero-order valence-electron chi connectivity index (χ0n) is 10.7. The third-order valence-corrected chi connectivity index (χ3v) is 2.45. The van der Waals surface area contributed by atoms with Gasteiger partial charge in [-0.3, -0.25) is 10.1 Å². The minimum absolute atomic E-state index is 0.0318. The highest BCUT2D eigenvalue weighted by atomic mass is 16.6. The molecule has 2 aromatic rings. The zero-order valence-corrected chi connectivity index (χ0v) is 10.7. The van der Waals surface area contributed by atoms with Crippen LogP contribution in [0.25, 0.3) is 0 Å². The number of hydrogen-bond donors (Lipinski definition) is 1. The normalized spacial score (nSPS) is 9.95. The van der Waals surface area contributed by atoms with Gasteiger partial charge in [-0.15, -0.1) is 0 Å². The number of carboxylic acid groups (broad SMARTS) is 1. The Labute approximate surface area is 117 Å². The first-order valence-electron chi connectivity index (χ1n) is 5.57. The summed E-state index contributed by atoms with van der Waals surface area (Å²) in [6.07, 6.45) is 1.92. The Morgan fingerprint density at radius 2 is 2.00 bits per heavy atom. The lowest BCUT2D eigenvalue weighted by atomic mass is 10.2. The standard InChI is InChI=1S/C12H9N3O6/c1-20-8-2-3-9(11(16)17)10(4-8)21-12-13-5-7(6-14-12)15(18)19/h2-6H,1H3,(H,16,17). The maximum Gasteiger partial charge on any atom is 0.339 e. The predicted molar refractivity (Wildman–Crippen MR) is 68.7 cm³/mol. The number of ether oxygens (including phenoxy) is 2. The van der Waals surface area contributed by atoms with Crippen LogP contribution in [0.5, 0.6) is 17.5 Å². The Bertz CT molecular complexity index is 686. The summed E-state index contributed by atoms with van der Waals surface area (Å²) < 4.78 is 10.2. The number of nitrogens with zero attached hydrogens (tertiary/aromatic N) is 3. The van der Waals surface area contributed by atoms with E-state index in [1.807, 2.05) is 0 Å². The van der Waals surface area contributed by atoms with Gasteiger partial charge in [-0.05, 0) is 12.1 Å². The van der Waals surface area contributed by atoms with Crippen molar-refractivity contribution in [2.45, 2.75) is 0 Å². The van der Waals surface area contributed by atoms with Crippen molar-refractivity contribution in [1.82, 2.24) is 9.97 Å². The molecule has 21 heavy (non-hydrogen) atoms. The molecule has 1 aromatic heterocycles. The lowest BCUT2D eigenvalue weighted by Crippen LogP contribution is -2.02. The SMILES string of the molecule is COc1ccc(C(=O)O)c(Oc2ncc([N+](=O)[O-])cn2)c1. The molecule has 0 unspecified atom stereocenters. The van der Waals surface area contributed by atoms with Crippen LogP contribution in [0.1, 0.15) is 10.4 Å². The first-order chi connectivity index (χ1) is 10.0. The van der Waals surface area contributed by atoms with E-state index in [0.29, 0.717) is 5.75 Å². The summed E-state index contributed by atoms with van der Waals surface area (Å²) >= 11 is 0. The number of rotatable bonds is 5. The molecule has 108 valence electrons. The van der Waals surface area contributed by atoms with Crippen molar-refractivity contribution in [3.63, 3.8) is 0 Å². The molecule has 0 aliphatic heterocycles. The molecule has 0 amide bonds. The molecule has 0 fully saturated rings. The van der Waals surface area contributed by atoms with E-state index >= 15 is 0 Å². The number of methoxy groups -OCH3 is 1. The Morgan fingerprint density at radius 1 is 1.33 bits per heavy atom. The highest BCUT2D eigenvalue weighted by molar-refractivity contribution is 5.91. The number of benzene rings is 1. The average Bonchev–Trinajstić information content (AvgIpc) is 2.47. The van der Waals surface area contributed by atoms with Gasteiger partial charge >= 0.3 is 17.7 Å². The van der Waals surface area contributed by atoms with E-state index in [2.05, 4.69) is 9.97 Å². The lowest BCUT2D eigenvalue weighted by molar-refractivity contribution is -0.385. The number of nitro groups is 1. The van der Waals surface area contributed by atoms with Crippen molar-refractivity contribution in [1.29, 1.82) is 0 Å². The first-order valence-corrected chi connectivity index (χ1v) is 5.57. The predicted octanol–water partition coefficient (Wildman–Crippen LogP) is 1.88. The van der Waals surface area contributed by atoms with Crippen LogP contribution in [0.4, 0.5) is 5.69 Å². The van der Waals surface area contributed by atoms with Gasteiger partial charge in [0.25, 0.3) is 0 Å². The molecule has 0 aliphatic carbocycles. The first kappa shape index (κ1) is 14.2. The Balaban J connectivity index is 2.33. The Hall–Kier alpha value is -3.23. The molecule has 0 saturated heterocycles. The molecule has 1 N–H and O–H groups in total. The van der Waals surface area contributed by atoms with Crippen LogP contribution in [-0.4, -0.2) is 33.1 Å². The van der Waals surface area contributed by atoms with Crippen LogP contribution in [0.3, 0.4) is 0 Å². The van der Waals surface area contributed by atoms with E-state index in [0.717, 1.165) is 12.4 Å². The summed E-state index contributed by atoms with van der Waals surface area (Å²) in [6, 6.07) is 3.92. The molecule has 0 saturated carbocycles. The summed E-state index contributed by atoms with van der Waals surface area (Å²) in [5.41, 5.74) is -0.413. The van der Waals surface area contributed by atoms with Gasteiger partial charge in [0, 0.05) is 6.07 Å². The fraction of sp³-hybridized carbons (Fsp3) is 0.0833. The van der Waals surface area contributed by atoms with Gasteiger partial charge < -0.3 is 14.6 Å². The number of aromatic carboxylic acids is 1. The van der Waals surface area contributed by atoms with E-state index < -0.39 is 10.9 Å². The summed E-state index contributed by atoms with van der Waals surface area (Å²) in [6.45, 7) is 0. The van der Waals surface area contributed by atoms with Crippen molar-refractivity contribution in [2.24, 2.45) is 0 Å². The average molecular weight is 291 g/mol. The van der Waals surface area contributed by atoms with Crippen LogP contribution in [0.15, 0.2) is 30.6 Å². The van der Waals surface area contributed by atoms with Gasteiger partial charge in [-0.2, -0.15) is 9.97 Å². The number of carbonyl (C=O) groups is 1. The van der Waals surface area contributed by atoms with Gasteiger partial charge in [-0.25, -0.2) is 4.79 Å². The molecule has 9 heteroatoms. The summed E-state index contributed by atoms with van der Waals surface area (Å²) in [7, 11) is 1.42. The van der Waals surface area contributed by atoms with Crippen molar-refractivity contribution < 1.29 is 24.3 Å². The summed E-state index contributed by atoms with van der Waals surface area (Å²) in [5.74, 6) is -0.845. The van der Waals surface area contributed by atoms with Crippen molar-refractivity contribution in [3.05, 3.63) is 46.3 Å². The van der Waals surface area contributed by atoms with Crippen LogP contribution in [0, 0.1) is 10.1 Å². The van der Waals surface area contributed by atoms with Crippen LogP contribution < -0.4 is 9.47 Å². The fourth-order valence-corrected chi connectivity index (χ4v) is 1.45. The molecule has 9 nitrogen and oxygen atoms in total. The van der Waals surface area contributed by atoms with E-state index in [4.69, 9.17) is 14.6 Å². The molecule has 1 aromatic carbocycles. The third kappa shape index (κ3) is 3.21. The highest BCUT2D eigenvalue weighted by Crippen LogP contribution is 2.28. The highest BCUT2D eigenvalue weighted by Gasteiger charge is 2.15. The maximum absolute atomic E-state index is 11.1.